The molecule has 0 radical (unpaired) electrons. The van der Waals surface area contributed by atoms with E-state index in [-0.39, 0.29) is 5.56 Å². The molecule has 0 aromatic carbocycles. The minimum absolute atomic E-state index is 0.131. The van der Waals surface area contributed by atoms with Gasteiger partial charge in [-0.25, -0.2) is 0 Å². The van der Waals surface area contributed by atoms with Gasteiger partial charge in [-0.3, -0.25) is 4.79 Å². The molecule has 0 N–H and O–H groups in total. The number of hydrogen-bond donors (Lipinski definition) is 0. The van der Waals surface area contributed by atoms with E-state index in [2.05, 4.69) is 4.98 Å². The summed E-state index contributed by atoms with van der Waals surface area (Å²) in [6.07, 6.45) is 0. The van der Waals surface area contributed by atoms with Crippen LogP contribution in [0.5, 0.6) is 0 Å². The molecule has 0 aliphatic carbocycles. The van der Waals surface area contributed by atoms with Crippen LogP contribution in [0.15, 0.2) is 23.0 Å². The van der Waals surface area contributed by atoms with E-state index >= 15 is 0 Å². The zero-order chi connectivity index (χ0) is 10.3. The van der Waals surface area contributed by atoms with Crippen LogP contribution in [0.1, 0.15) is 17.1 Å². The van der Waals surface area contributed by atoms with Crippen LogP contribution >= 0.6 is 0 Å². The van der Waals surface area contributed by atoms with Crippen LogP contribution in [-0.2, 0) is 0 Å². The molecule has 3 heteroatoms. The van der Waals surface area contributed by atoms with E-state index in [4.69, 9.17) is 0 Å². The second kappa shape index (κ2) is 2.94. The topological polar surface area (TPSA) is 34.4 Å². The van der Waals surface area contributed by atoms with Crippen molar-refractivity contribution in [3.63, 3.8) is 0 Å². The van der Waals surface area contributed by atoms with E-state index in [0.29, 0.717) is 5.56 Å². The summed E-state index contributed by atoms with van der Waals surface area (Å²) in [5.74, 6) is 0.744. The fourth-order valence-corrected chi connectivity index (χ4v) is 1.73. The van der Waals surface area contributed by atoms with Gasteiger partial charge in [0.05, 0.1) is 5.52 Å². The molecule has 72 valence electrons. The Bertz CT molecular complexity index is 555. The molecule has 0 amide bonds. The highest BCUT2D eigenvalue weighted by Crippen LogP contribution is 2.09. The Hall–Kier alpha value is -1.64. The molecular formula is C11H12N2O. The Labute approximate surface area is 82.0 Å². The number of pyridine rings is 1. The lowest BCUT2D eigenvalue weighted by Gasteiger charge is -2.09. The third-order valence-corrected chi connectivity index (χ3v) is 2.48. The zero-order valence-electron chi connectivity index (χ0n) is 8.53. The van der Waals surface area contributed by atoms with Crippen molar-refractivity contribution in [1.29, 1.82) is 0 Å². The summed E-state index contributed by atoms with van der Waals surface area (Å²) in [4.78, 5) is 15.4. The van der Waals surface area contributed by atoms with Crippen LogP contribution in [0.3, 0.4) is 0 Å². The molecule has 2 heterocycles. The lowest BCUT2D eigenvalue weighted by Crippen LogP contribution is -2.16. The molecule has 0 saturated carbocycles. The van der Waals surface area contributed by atoms with Gasteiger partial charge in [-0.2, -0.15) is 4.98 Å². The summed E-state index contributed by atoms with van der Waals surface area (Å²) in [7, 11) is 0. The Morgan fingerprint density at radius 2 is 1.93 bits per heavy atom. The minimum atomic E-state index is -0.131. The van der Waals surface area contributed by atoms with E-state index in [0.717, 1.165) is 17.0 Å². The number of fused-ring (bicyclic) bond motifs is 1. The summed E-state index contributed by atoms with van der Waals surface area (Å²) in [6, 6.07) is 5.90. The highest BCUT2D eigenvalue weighted by molar-refractivity contribution is 5.54. The molecule has 2 aromatic heterocycles. The molecule has 0 spiro atoms. The van der Waals surface area contributed by atoms with Crippen molar-refractivity contribution < 1.29 is 0 Å². The molecule has 0 fully saturated rings. The minimum Gasteiger partial charge on any atom is -0.302 e. The standard InChI is InChI=1S/C11H12N2O/c1-7-5-4-6-10-8(2)11(14)12-9(3)13(7)10/h4-6H,1-3H3. The van der Waals surface area contributed by atoms with Crippen molar-refractivity contribution in [2.75, 3.05) is 0 Å². The monoisotopic (exact) mass is 188 g/mol. The van der Waals surface area contributed by atoms with Gasteiger partial charge in [0.25, 0.3) is 5.56 Å². The van der Waals surface area contributed by atoms with E-state index in [1.165, 1.54) is 0 Å². The molecule has 2 rings (SSSR count). The van der Waals surface area contributed by atoms with Gasteiger partial charge in [-0.1, -0.05) is 6.07 Å². The fourth-order valence-electron chi connectivity index (χ4n) is 1.73. The number of nitrogens with zero attached hydrogens (tertiary/aromatic N) is 2. The Morgan fingerprint density at radius 1 is 1.21 bits per heavy atom. The van der Waals surface area contributed by atoms with E-state index in [1.54, 1.807) is 0 Å². The number of aryl methyl sites for hydroxylation is 3. The Morgan fingerprint density at radius 3 is 2.64 bits per heavy atom. The Balaban J connectivity index is 3.10. The van der Waals surface area contributed by atoms with Gasteiger partial charge in [-0.15, -0.1) is 0 Å². The van der Waals surface area contributed by atoms with Gasteiger partial charge < -0.3 is 4.40 Å². The van der Waals surface area contributed by atoms with Gasteiger partial charge in [-0.05, 0) is 32.9 Å². The first kappa shape index (κ1) is 8.94. The molecule has 0 saturated heterocycles. The van der Waals surface area contributed by atoms with E-state index < -0.39 is 0 Å². The van der Waals surface area contributed by atoms with Gasteiger partial charge in [0, 0.05) is 11.3 Å². The SMILES string of the molecule is Cc1c(=O)nc(C)n2c(C)cccc12. The van der Waals surface area contributed by atoms with Crippen molar-refractivity contribution in [1.82, 2.24) is 9.38 Å². The quantitative estimate of drug-likeness (QED) is 0.629. The molecular weight excluding hydrogens is 176 g/mol. The predicted octanol–water partition coefficient (Wildman–Crippen LogP) is 1.62. The second-order valence-corrected chi connectivity index (χ2v) is 3.48. The van der Waals surface area contributed by atoms with Gasteiger partial charge in [0.1, 0.15) is 5.82 Å². The molecule has 0 atom stereocenters. The molecule has 0 aliphatic heterocycles. The third-order valence-electron chi connectivity index (χ3n) is 2.48. The van der Waals surface area contributed by atoms with E-state index in [1.807, 2.05) is 43.4 Å². The summed E-state index contributed by atoms with van der Waals surface area (Å²) in [6.45, 7) is 5.66. The van der Waals surface area contributed by atoms with Crippen LogP contribution in [0.25, 0.3) is 5.52 Å². The molecule has 0 bridgehead atoms. The highest BCUT2D eigenvalue weighted by Gasteiger charge is 2.05. The van der Waals surface area contributed by atoms with Crippen molar-refractivity contribution in [2.24, 2.45) is 0 Å². The lowest BCUT2D eigenvalue weighted by molar-refractivity contribution is 0.912. The van der Waals surface area contributed by atoms with Crippen molar-refractivity contribution in [3.05, 3.63) is 45.6 Å². The maximum absolute atomic E-state index is 11.4. The van der Waals surface area contributed by atoms with Crippen molar-refractivity contribution in [3.8, 4) is 0 Å². The fraction of sp³-hybridized carbons (Fsp3) is 0.273. The first-order valence-corrected chi connectivity index (χ1v) is 4.57. The molecule has 2 aromatic rings. The van der Waals surface area contributed by atoms with Gasteiger partial charge >= 0.3 is 0 Å². The third kappa shape index (κ3) is 1.13. The maximum atomic E-state index is 11.4. The number of aromatic nitrogens is 2. The summed E-state index contributed by atoms with van der Waals surface area (Å²) in [5.41, 5.74) is 2.62. The predicted molar refractivity (Wildman–Crippen MR) is 55.7 cm³/mol. The normalized spacial score (nSPS) is 10.8. The first-order chi connectivity index (χ1) is 6.61. The maximum Gasteiger partial charge on any atom is 0.276 e. The zero-order valence-corrected chi connectivity index (χ0v) is 8.53. The largest absolute Gasteiger partial charge is 0.302 e. The average molecular weight is 188 g/mol. The molecule has 0 aliphatic rings. The van der Waals surface area contributed by atoms with Crippen LogP contribution in [-0.4, -0.2) is 9.38 Å². The lowest BCUT2D eigenvalue weighted by atomic mass is 10.2. The molecule has 0 unspecified atom stereocenters. The van der Waals surface area contributed by atoms with Gasteiger partial charge in [0.2, 0.25) is 0 Å². The summed E-state index contributed by atoms with van der Waals surface area (Å²) >= 11 is 0. The van der Waals surface area contributed by atoms with Crippen LogP contribution < -0.4 is 5.56 Å². The first-order valence-electron chi connectivity index (χ1n) is 4.57. The van der Waals surface area contributed by atoms with Crippen molar-refractivity contribution >= 4 is 5.52 Å². The van der Waals surface area contributed by atoms with Gasteiger partial charge in [0.15, 0.2) is 0 Å². The smallest absolute Gasteiger partial charge is 0.276 e. The summed E-state index contributed by atoms with van der Waals surface area (Å²) in [5, 5.41) is 0. The number of hydrogen-bond acceptors (Lipinski definition) is 2. The molecule has 14 heavy (non-hydrogen) atoms. The van der Waals surface area contributed by atoms with E-state index in [9.17, 15) is 4.79 Å². The summed E-state index contributed by atoms with van der Waals surface area (Å²) < 4.78 is 2.00. The Kier molecular flexibility index (Phi) is 1.88. The van der Waals surface area contributed by atoms with Crippen LogP contribution in [0.4, 0.5) is 0 Å². The average Bonchev–Trinajstić information content (AvgIpc) is 2.14. The number of rotatable bonds is 0. The van der Waals surface area contributed by atoms with Crippen LogP contribution in [0.2, 0.25) is 0 Å². The highest BCUT2D eigenvalue weighted by atomic mass is 16.1. The molecule has 3 nitrogen and oxygen atoms in total. The van der Waals surface area contributed by atoms with Crippen LogP contribution in [0, 0.1) is 20.8 Å². The van der Waals surface area contributed by atoms with Crippen molar-refractivity contribution in [2.45, 2.75) is 20.8 Å². The second-order valence-electron chi connectivity index (χ2n) is 3.48.